The third-order valence-corrected chi connectivity index (χ3v) is 4.26. The van der Waals surface area contributed by atoms with Crippen LogP contribution in [0.1, 0.15) is 32.3 Å². The second kappa shape index (κ2) is 4.09. The van der Waals surface area contributed by atoms with Gasteiger partial charge in [-0.15, -0.1) is 0 Å². The highest BCUT2D eigenvalue weighted by Gasteiger charge is 2.46. The Morgan fingerprint density at radius 1 is 1.22 bits per heavy atom. The molecule has 1 N–H and O–H groups in total. The molecule has 1 aromatic rings. The van der Waals surface area contributed by atoms with Gasteiger partial charge in [0.05, 0.1) is 5.41 Å². The van der Waals surface area contributed by atoms with Gasteiger partial charge in [-0.25, -0.2) is 0 Å². The van der Waals surface area contributed by atoms with Crippen LogP contribution in [0.5, 0.6) is 0 Å². The summed E-state index contributed by atoms with van der Waals surface area (Å²) >= 11 is 0. The van der Waals surface area contributed by atoms with Gasteiger partial charge in [-0.2, -0.15) is 0 Å². The van der Waals surface area contributed by atoms with Crippen LogP contribution >= 0.6 is 0 Å². The van der Waals surface area contributed by atoms with Gasteiger partial charge < -0.3 is 10.2 Å². The van der Waals surface area contributed by atoms with Gasteiger partial charge in [-0.3, -0.25) is 4.79 Å². The highest BCUT2D eigenvalue weighted by molar-refractivity contribution is 6.08. The minimum atomic E-state index is -0.374. The van der Waals surface area contributed by atoms with Crippen LogP contribution in [0.2, 0.25) is 0 Å². The number of carbonyl (C=O) groups excluding carboxylic acids is 1. The summed E-state index contributed by atoms with van der Waals surface area (Å²) in [5.41, 5.74) is 1.93. The molecule has 2 heterocycles. The van der Waals surface area contributed by atoms with Crippen LogP contribution in [0.25, 0.3) is 0 Å². The summed E-state index contributed by atoms with van der Waals surface area (Å²) in [6.07, 6.45) is 2.10. The Balaban J connectivity index is 2.03. The van der Waals surface area contributed by atoms with Crippen molar-refractivity contribution < 1.29 is 4.79 Å². The molecule has 0 aliphatic carbocycles. The summed E-state index contributed by atoms with van der Waals surface area (Å²) in [6, 6.07) is 8.60. The van der Waals surface area contributed by atoms with Crippen molar-refractivity contribution in [2.45, 2.75) is 38.1 Å². The molecule has 0 saturated carbocycles. The van der Waals surface area contributed by atoms with Gasteiger partial charge in [0, 0.05) is 11.7 Å². The SMILES string of the molecule is CC1(C)C(=O)N(C2CCNCC2)c2ccccc21. The van der Waals surface area contributed by atoms with E-state index >= 15 is 0 Å². The molecule has 2 aliphatic rings. The minimum absolute atomic E-state index is 0.260. The fraction of sp³-hybridized carbons (Fsp3) is 0.533. The number of carbonyl (C=O) groups is 1. The number of hydrogen-bond donors (Lipinski definition) is 1. The molecule has 96 valence electrons. The van der Waals surface area contributed by atoms with Crippen LogP contribution in [0.15, 0.2) is 24.3 Å². The normalized spacial score (nSPS) is 23.2. The van der Waals surface area contributed by atoms with Crippen molar-refractivity contribution in [2.75, 3.05) is 18.0 Å². The van der Waals surface area contributed by atoms with E-state index < -0.39 is 0 Å². The fourth-order valence-corrected chi connectivity index (χ4v) is 3.17. The van der Waals surface area contributed by atoms with Crippen LogP contribution < -0.4 is 10.2 Å². The first-order valence-electron chi connectivity index (χ1n) is 6.76. The summed E-state index contributed by atoms with van der Waals surface area (Å²) < 4.78 is 0. The quantitative estimate of drug-likeness (QED) is 0.820. The van der Waals surface area contributed by atoms with E-state index in [1.807, 2.05) is 26.0 Å². The molecule has 0 atom stereocenters. The highest BCUT2D eigenvalue weighted by atomic mass is 16.2. The largest absolute Gasteiger partial charge is 0.317 e. The third-order valence-electron chi connectivity index (χ3n) is 4.26. The number of anilines is 1. The summed E-state index contributed by atoms with van der Waals surface area (Å²) in [5.74, 6) is 0.260. The van der Waals surface area contributed by atoms with Gasteiger partial charge in [-0.05, 0) is 51.4 Å². The Morgan fingerprint density at radius 2 is 1.89 bits per heavy atom. The van der Waals surface area contributed by atoms with Crippen molar-refractivity contribution in [3.8, 4) is 0 Å². The number of hydrogen-bond acceptors (Lipinski definition) is 2. The zero-order chi connectivity index (χ0) is 12.8. The molecule has 0 spiro atoms. The average molecular weight is 244 g/mol. The van der Waals surface area contributed by atoms with Gasteiger partial charge in [0.25, 0.3) is 0 Å². The number of nitrogens with one attached hydrogen (secondary N) is 1. The molecule has 3 heteroatoms. The van der Waals surface area contributed by atoms with Crippen LogP contribution in [0.4, 0.5) is 5.69 Å². The number of benzene rings is 1. The maximum Gasteiger partial charge on any atom is 0.237 e. The molecule has 0 unspecified atom stereocenters. The van der Waals surface area contributed by atoms with Crippen LogP contribution in [-0.4, -0.2) is 25.0 Å². The molecular weight excluding hydrogens is 224 g/mol. The lowest BCUT2D eigenvalue weighted by molar-refractivity contribution is -0.122. The van der Waals surface area contributed by atoms with Gasteiger partial charge >= 0.3 is 0 Å². The second-order valence-corrected chi connectivity index (χ2v) is 5.80. The Kier molecular flexibility index (Phi) is 2.67. The van der Waals surface area contributed by atoms with Gasteiger partial charge in [0.2, 0.25) is 5.91 Å². The van der Waals surface area contributed by atoms with Crippen molar-refractivity contribution in [1.82, 2.24) is 5.32 Å². The zero-order valence-corrected chi connectivity index (χ0v) is 11.1. The lowest BCUT2D eigenvalue weighted by Crippen LogP contribution is -2.47. The number of amides is 1. The third kappa shape index (κ3) is 1.57. The fourth-order valence-electron chi connectivity index (χ4n) is 3.17. The van der Waals surface area contributed by atoms with Crippen LogP contribution in [-0.2, 0) is 10.2 Å². The molecule has 0 aromatic heterocycles. The maximum absolute atomic E-state index is 12.7. The lowest BCUT2D eigenvalue weighted by atomic mass is 9.86. The molecule has 2 aliphatic heterocycles. The van der Waals surface area contributed by atoms with E-state index in [0.717, 1.165) is 31.6 Å². The predicted octanol–water partition coefficient (Wildman–Crippen LogP) is 2.06. The Labute approximate surface area is 108 Å². The van der Waals surface area contributed by atoms with Crippen LogP contribution in [0.3, 0.4) is 0 Å². The molecule has 0 bridgehead atoms. The predicted molar refractivity (Wildman–Crippen MR) is 72.8 cm³/mol. The van der Waals surface area contributed by atoms with E-state index in [2.05, 4.69) is 22.3 Å². The molecule has 1 fully saturated rings. The first-order valence-corrected chi connectivity index (χ1v) is 6.76. The molecule has 1 saturated heterocycles. The molecule has 3 rings (SSSR count). The zero-order valence-electron chi connectivity index (χ0n) is 11.1. The van der Waals surface area contributed by atoms with E-state index in [1.54, 1.807) is 0 Å². The first-order chi connectivity index (χ1) is 8.62. The minimum Gasteiger partial charge on any atom is -0.317 e. The van der Waals surface area contributed by atoms with E-state index in [0.29, 0.717) is 6.04 Å². The topological polar surface area (TPSA) is 32.3 Å². The summed E-state index contributed by atoms with van der Waals surface area (Å²) in [7, 11) is 0. The number of fused-ring (bicyclic) bond motifs is 1. The number of nitrogens with zero attached hydrogens (tertiary/aromatic N) is 1. The monoisotopic (exact) mass is 244 g/mol. The average Bonchev–Trinajstić information content (AvgIpc) is 2.60. The smallest absolute Gasteiger partial charge is 0.237 e. The Morgan fingerprint density at radius 3 is 2.61 bits per heavy atom. The molecule has 3 nitrogen and oxygen atoms in total. The summed E-state index contributed by atoms with van der Waals surface area (Å²) in [5, 5.41) is 3.36. The highest BCUT2D eigenvalue weighted by Crippen LogP contribution is 2.43. The van der Waals surface area contributed by atoms with Gasteiger partial charge in [-0.1, -0.05) is 18.2 Å². The summed E-state index contributed by atoms with van der Waals surface area (Å²) in [4.78, 5) is 14.7. The van der Waals surface area contributed by atoms with Crippen molar-refractivity contribution in [2.24, 2.45) is 0 Å². The Hall–Kier alpha value is -1.35. The standard InChI is InChI=1S/C15H20N2O/c1-15(2)12-5-3-4-6-13(12)17(14(15)18)11-7-9-16-10-8-11/h3-6,11,16H,7-10H2,1-2H3. The first kappa shape index (κ1) is 11.7. The van der Waals surface area contributed by atoms with Crippen LogP contribution in [0, 0.1) is 0 Å². The molecule has 18 heavy (non-hydrogen) atoms. The number of rotatable bonds is 1. The van der Waals surface area contributed by atoms with Gasteiger partial charge in [0.15, 0.2) is 0 Å². The molecule has 0 radical (unpaired) electrons. The van der Waals surface area contributed by atoms with E-state index in [-0.39, 0.29) is 11.3 Å². The summed E-state index contributed by atoms with van der Waals surface area (Å²) in [6.45, 7) is 6.10. The lowest BCUT2D eigenvalue weighted by Gasteiger charge is -2.33. The van der Waals surface area contributed by atoms with Crippen molar-refractivity contribution in [3.63, 3.8) is 0 Å². The van der Waals surface area contributed by atoms with E-state index in [4.69, 9.17) is 0 Å². The van der Waals surface area contributed by atoms with Crippen molar-refractivity contribution in [1.29, 1.82) is 0 Å². The molecule has 1 aromatic carbocycles. The second-order valence-electron chi connectivity index (χ2n) is 5.80. The van der Waals surface area contributed by atoms with Crippen molar-refractivity contribution in [3.05, 3.63) is 29.8 Å². The van der Waals surface area contributed by atoms with E-state index in [9.17, 15) is 4.79 Å². The number of para-hydroxylation sites is 1. The molecular formula is C15H20N2O. The molecule has 1 amide bonds. The maximum atomic E-state index is 12.7. The van der Waals surface area contributed by atoms with Gasteiger partial charge in [0.1, 0.15) is 0 Å². The number of piperidine rings is 1. The van der Waals surface area contributed by atoms with E-state index in [1.165, 1.54) is 5.56 Å². The Bertz CT molecular complexity index is 475. The van der Waals surface area contributed by atoms with Crippen molar-refractivity contribution >= 4 is 11.6 Å².